The van der Waals surface area contributed by atoms with Crippen molar-refractivity contribution in [2.75, 3.05) is 46.4 Å². The molecule has 2 heterocycles. The van der Waals surface area contributed by atoms with E-state index in [1.54, 1.807) is 0 Å². The van der Waals surface area contributed by atoms with E-state index in [1.807, 2.05) is 13.1 Å². The van der Waals surface area contributed by atoms with Gasteiger partial charge in [-0.3, -0.25) is 9.89 Å². The molecular weight excluding hydrogens is 527 g/mol. The zero-order valence-corrected chi connectivity index (χ0v) is 21.9. The van der Waals surface area contributed by atoms with Crippen LogP contribution in [0.25, 0.3) is 0 Å². The molecule has 2 aliphatic rings. The van der Waals surface area contributed by atoms with Crippen molar-refractivity contribution in [1.82, 2.24) is 15.1 Å². The Bertz CT molecular complexity index is 837. The molecule has 0 amide bonds. The number of unbranched alkanes of at least 4 members (excludes halogenated alkanes) is 1. The van der Waals surface area contributed by atoms with Gasteiger partial charge in [0.25, 0.3) is 0 Å². The Morgan fingerprint density at radius 1 is 1.03 bits per heavy atom. The van der Waals surface area contributed by atoms with Gasteiger partial charge in [0.2, 0.25) is 0 Å². The SMILES string of the molecule is CN=C(NCCCCOCc1ccccc1)N1CC2OCCN(Cc3ccccc3)C2C1.I. The third kappa shape index (κ3) is 7.67. The van der Waals surface area contributed by atoms with E-state index >= 15 is 0 Å². The molecule has 7 heteroatoms. The Morgan fingerprint density at radius 2 is 1.76 bits per heavy atom. The standard InChI is InChI=1S/C26H36N4O2.HI/c1-27-26(28-14-8-9-16-31-21-23-12-6-3-7-13-23)30-19-24-25(20-30)32-17-15-29(24)18-22-10-4-2-5-11-22;/h2-7,10-13,24-25H,8-9,14-21H2,1H3,(H,27,28);1H. The number of ether oxygens (including phenoxy) is 2. The van der Waals surface area contributed by atoms with Gasteiger partial charge in [0.15, 0.2) is 5.96 Å². The molecule has 2 aromatic rings. The van der Waals surface area contributed by atoms with Crippen LogP contribution in [0.4, 0.5) is 0 Å². The van der Waals surface area contributed by atoms with Crippen molar-refractivity contribution in [1.29, 1.82) is 0 Å². The molecule has 2 fully saturated rings. The molecule has 180 valence electrons. The van der Waals surface area contributed by atoms with Gasteiger partial charge in [-0.2, -0.15) is 0 Å². The summed E-state index contributed by atoms with van der Waals surface area (Å²) >= 11 is 0. The highest BCUT2D eigenvalue weighted by Crippen LogP contribution is 2.24. The molecule has 0 radical (unpaired) electrons. The minimum absolute atomic E-state index is 0. The summed E-state index contributed by atoms with van der Waals surface area (Å²) in [7, 11) is 1.87. The molecule has 2 aromatic carbocycles. The van der Waals surface area contributed by atoms with E-state index in [1.165, 1.54) is 11.1 Å². The molecule has 6 nitrogen and oxygen atoms in total. The van der Waals surface area contributed by atoms with Crippen LogP contribution in [-0.2, 0) is 22.6 Å². The Kier molecular flexibility index (Phi) is 10.9. The summed E-state index contributed by atoms with van der Waals surface area (Å²) in [5, 5.41) is 3.54. The highest BCUT2D eigenvalue weighted by atomic mass is 127. The predicted octanol–water partition coefficient (Wildman–Crippen LogP) is 3.76. The number of morpholine rings is 1. The first-order valence-electron chi connectivity index (χ1n) is 11.8. The molecule has 2 unspecified atom stereocenters. The van der Waals surface area contributed by atoms with E-state index in [2.05, 4.69) is 74.7 Å². The molecule has 0 aromatic heterocycles. The van der Waals surface area contributed by atoms with Gasteiger partial charge in [0, 0.05) is 46.4 Å². The largest absolute Gasteiger partial charge is 0.377 e. The number of benzene rings is 2. The van der Waals surface area contributed by atoms with Crippen LogP contribution in [0, 0.1) is 0 Å². The Labute approximate surface area is 215 Å². The normalized spacial score (nSPS) is 20.9. The van der Waals surface area contributed by atoms with E-state index in [-0.39, 0.29) is 30.1 Å². The number of likely N-dealkylation sites (tertiary alicyclic amines) is 1. The van der Waals surface area contributed by atoms with Crippen LogP contribution in [0.15, 0.2) is 65.7 Å². The molecular formula is C26H37IN4O2. The lowest BCUT2D eigenvalue weighted by Gasteiger charge is -2.36. The van der Waals surface area contributed by atoms with E-state index < -0.39 is 0 Å². The van der Waals surface area contributed by atoms with Gasteiger partial charge >= 0.3 is 0 Å². The minimum Gasteiger partial charge on any atom is -0.377 e. The summed E-state index contributed by atoms with van der Waals surface area (Å²) < 4.78 is 11.9. The second-order valence-electron chi connectivity index (χ2n) is 8.56. The number of nitrogens with zero attached hydrogens (tertiary/aromatic N) is 3. The fourth-order valence-corrected chi connectivity index (χ4v) is 4.57. The van der Waals surface area contributed by atoms with Crippen molar-refractivity contribution in [2.24, 2.45) is 4.99 Å². The molecule has 1 N–H and O–H groups in total. The average molecular weight is 565 g/mol. The van der Waals surface area contributed by atoms with E-state index in [9.17, 15) is 0 Å². The topological polar surface area (TPSA) is 49.3 Å². The van der Waals surface area contributed by atoms with Crippen molar-refractivity contribution in [3.8, 4) is 0 Å². The van der Waals surface area contributed by atoms with Crippen LogP contribution in [0.3, 0.4) is 0 Å². The molecule has 4 rings (SSSR count). The van der Waals surface area contributed by atoms with Crippen molar-refractivity contribution >= 4 is 29.9 Å². The number of guanidine groups is 1. The van der Waals surface area contributed by atoms with Crippen LogP contribution in [0.1, 0.15) is 24.0 Å². The smallest absolute Gasteiger partial charge is 0.193 e. The van der Waals surface area contributed by atoms with Crippen LogP contribution in [0.2, 0.25) is 0 Å². The summed E-state index contributed by atoms with van der Waals surface area (Å²) in [6.07, 6.45) is 2.35. The zero-order chi connectivity index (χ0) is 22.0. The number of fused-ring (bicyclic) bond motifs is 1. The lowest BCUT2D eigenvalue weighted by molar-refractivity contribution is -0.0502. The van der Waals surface area contributed by atoms with E-state index in [4.69, 9.17) is 9.47 Å². The number of nitrogens with one attached hydrogen (secondary N) is 1. The maximum absolute atomic E-state index is 6.12. The third-order valence-corrected chi connectivity index (χ3v) is 6.27. The number of halogens is 1. The third-order valence-electron chi connectivity index (χ3n) is 6.27. The lowest BCUT2D eigenvalue weighted by Crippen LogP contribution is -2.50. The Balaban J connectivity index is 0.00000306. The molecule has 2 aliphatic heterocycles. The fraction of sp³-hybridized carbons (Fsp3) is 0.500. The molecule has 2 atom stereocenters. The zero-order valence-electron chi connectivity index (χ0n) is 19.6. The van der Waals surface area contributed by atoms with Crippen molar-refractivity contribution in [3.63, 3.8) is 0 Å². The van der Waals surface area contributed by atoms with Gasteiger partial charge in [-0.25, -0.2) is 0 Å². The van der Waals surface area contributed by atoms with Gasteiger partial charge < -0.3 is 19.7 Å². The summed E-state index contributed by atoms with van der Waals surface area (Å²) in [6.45, 7) is 7.00. The first kappa shape index (κ1) is 25.9. The van der Waals surface area contributed by atoms with Crippen molar-refractivity contribution in [3.05, 3.63) is 71.8 Å². The predicted molar refractivity (Wildman–Crippen MR) is 144 cm³/mol. The maximum Gasteiger partial charge on any atom is 0.193 e. The summed E-state index contributed by atoms with van der Waals surface area (Å²) in [4.78, 5) is 9.46. The summed E-state index contributed by atoms with van der Waals surface area (Å²) in [5.41, 5.74) is 2.59. The highest BCUT2D eigenvalue weighted by Gasteiger charge is 2.41. The molecule has 0 bridgehead atoms. The highest BCUT2D eigenvalue weighted by molar-refractivity contribution is 14.0. The van der Waals surface area contributed by atoms with Gasteiger partial charge in [-0.1, -0.05) is 60.7 Å². The first-order valence-corrected chi connectivity index (χ1v) is 11.8. The number of hydrogen-bond acceptors (Lipinski definition) is 4. The number of aliphatic imine (C=N–C) groups is 1. The fourth-order valence-electron chi connectivity index (χ4n) is 4.57. The van der Waals surface area contributed by atoms with Gasteiger partial charge in [-0.05, 0) is 24.0 Å². The second-order valence-corrected chi connectivity index (χ2v) is 8.56. The monoisotopic (exact) mass is 564 g/mol. The molecule has 2 saturated heterocycles. The van der Waals surface area contributed by atoms with Crippen LogP contribution < -0.4 is 5.32 Å². The van der Waals surface area contributed by atoms with Gasteiger partial charge in [0.05, 0.1) is 25.4 Å². The Morgan fingerprint density at radius 3 is 2.48 bits per heavy atom. The molecule has 33 heavy (non-hydrogen) atoms. The van der Waals surface area contributed by atoms with Crippen LogP contribution in [-0.4, -0.2) is 74.3 Å². The molecule has 0 spiro atoms. The first-order chi connectivity index (χ1) is 15.8. The van der Waals surface area contributed by atoms with Crippen LogP contribution >= 0.6 is 24.0 Å². The van der Waals surface area contributed by atoms with Crippen molar-refractivity contribution in [2.45, 2.75) is 38.1 Å². The molecule has 0 aliphatic carbocycles. The quantitative estimate of drug-likeness (QED) is 0.218. The lowest BCUT2D eigenvalue weighted by atomic mass is 10.1. The maximum atomic E-state index is 6.12. The van der Waals surface area contributed by atoms with Crippen LogP contribution in [0.5, 0.6) is 0 Å². The van der Waals surface area contributed by atoms with Crippen molar-refractivity contribution < 1.29 is 9.47 Å². The van der Waals surface area contributed by atoms with Gasteiger partial charge in [-0.15, -0.1) is 24.0 Å². The Hall–Kier alpha value is -1.68. The average Bonchev–Trinajstić information content (AvgIpc) is 3.27. The van der Waals surface area contributed by atoms with E-state index in [0.717, 1.165) is 64.7 Å². The second kappa shape index (κ2) is 13.9. The van der Waals surface area contributed by atoms with Gasteiger partial charge in [0.1, 0.15) is 0 Å². The van der Waals surface area contributed by atoms with E-state index in [0.29, 0.717) is 12.6 Å². The summed E-state index contributed by atoms with van der Waals surface area (Å²) in [5.74, 6) is 0.980. The minimum atomic E-state index is 0. The number of rotatable bonds is 9. The number of hydrogen-bond donors (Lipinski definition) is 1. The summed E-state index contributed by atoms with van der Waals surface area (Å²) in [6, 6.07) is 21.5. The molecule has 0 saturated carbocycles.